The van der Waals surface area contributed by atoms with Crippen LogP contribution in [0.1, 0.15) is 62.5 Å². The monoisotopic (exact) mass is 478 g/mol. The highest BCUT2D eigenvalue weighted by molar-refractivity contribution is 5.79. The smallest absolute Gasteiger partial charge is 0.407 e. The molecule has 0 aromatic heterocycles. The molecule has 0 heterocycles. The van der Waals surface area contributed by atoms with Gasteiger partial charge in [-0.1, -0.05) is 55.0 Å². The Morgan fingerprint density at radius 3 is 2.34 bits per heavy atom. The van der Waals surface area contributed by atoms with Crippen LogP contribution in [0, 0.1) is 11.8 Å². The lowest BCUT2D eigenvalue weighted by molar-refractivity contribution is -0.143. The molecular weight excluding hydrogens is 444 g/mol. The van der Waals surface area contributed by atoms with Crippen molar-refractivity contribution in [3.8, 4) is 11.1 Å². The van der Waals surface area contributed by atoms with E-state index < -0.39 is 12.1 Å². The van der Waals surface area contributed by atoms with Gasteiger partial charge < -0.3 is 20.5 Å². The molecule has 3 N–H and O–H groups in total. The Balaban J connectivity index is 1.18. The molecule has 0 spiro atoms. The predicted molar refractivity (Wildman–Crippen MR) is 133 cm³/mol. The highest BCUT2D eigenvalue weighted by Crippen LogP contribution is 2.44. The Labute approximate surface area is 206 Å². The third kappa shape index (κ3) is 6.21. The number of carbonyl (C=O) groups excluding carboxylic acids is 2. The summed E-state index contributed by atoms with van der Waals surface area (Å²) in [5, 5.41) is 15.0. The molecular formula is C28H34N2O5. The highest BCUT2D eigenvalue weighted by atomic mass is 16.5. The molecule has 1 fully saturated rings. The van der Waals surface area contributed by atoms with Gasteiger partial charge in [-0.25, -0.2) is 4.79 Å². The van der Waals surface area contributed by atoms with Crippen molar-refractivity contribution in [2.75, 3.05) is 13.2 Å². The van der Waals surface area contributed by atoms with Crippen LogP contribution in [-0.2, 0) is 14.3 Å². The molecule has 0 bridgehead atoms. The lowest BCUT2D eigenvalue weighted by Gasteiger charge is -2.26. The first-order chi connectivity index (χ1) is 16.9. The summed E-state index contributed by atoms with van der Waals surface area (Å²) in [4.78, 5) is 35.9. The Morgan fingerprint density at radius 1 is 1.03 bits per heavy atom. The van der Waals surface area contributed by atoms with Crippen LogP contribution in [0.3, 0.4) is 0 Å². The summed E-state index contributed by atoms with van der Waals surface area (Å²) < 4.78 is 5.57. The fourth-order valence-electron chi connectivity index (χ4n) is 5.31. The molecule has 4 rings (SSSR count). The van der Waals surface area contributed by atoms with E-state index in [1.54, 1.807) is 0 Å². The lowest BCUT2D eigenvalue weighted by Crippen LogP contribution is -2.36. The van der Waals surface area contributed by atoms with Crippen molar-refractivity contribution in [2.24, 2.45) is 11.8 Å². The maximum Gasteiger partial charge on any atom is 0.407 e. The van der Waals surface area contributed by atoms with E-state index in [9.17, 15) is 19.5 Å². The standard InChI is InChI=1S/C28H34N2O5/c1-18(13-14-26(31)29-16-19-7-6-8-20(15-19)27(32)33)30-28(34)35-17-25-23-11-4-2-9-21(23)22-10-3-5-12-24(22)25/h2-5,9-12,18-20,25H,6-8,13-17H2,1H3,(H,29,31)(H,30,34)(H,32,33). The zero-order chi connectivity index (χ0) is 24.8. The Hall–Kier alpha value is -3.35. The first-order valence-corrected chi connectivity index (χ1v) is 12.5. The summed E-state index contributed by atoms with van der Waals surface area (Å²) >= 11 is 0. The average Bonchev–Trinajstić information content (AvgIpc) is 3.19. The van der Waals surface area contributed by atoms with Crippen molar-refractivity contribution in [2.45, 2.75) is 57.4 Å². The maximum absolute atomic E-state index is 12.4. The molecule has 35 heavy (non-hydrogen) atoms. The second-order valence-electron chi connectivity index (χ2n) is 9.78. The number of aliphatic carboxylic acids is 1. The van der Waals surface area contributed by atoms with E-state index in [-0.39, 0.29) is 36.3 Å². The van der Waals surface area contributed by atoms with E-state index in [0.717, 1.165) is 19.3 Å². The molecule has 7 heteroatoms. The minimum atomic E-state index is -0.742. The number of alkyl carbamates (subject to hydrolysis) is 1. The van der Waals surface area contributed by atoms with Gasteiger partial charge in [0.15, 0.2) is 0 Å². The lowest BCUT2D eigenvalue weighted by atomic mass is 9.81. The minimum Gasteiger partial charge on any atom is -0.481 e. The Morgan fingerprint density at radius 2 is 1.69 bits per heavy atom. The van der Waals surface area contributed by atoms with Crippen molar-refractivity contribution in [1.29, 1.82) is 0 Å². The molecule has 2 amide bonds. The van der Waals surface area contributed by atoms with Gasteiger partial charge in [0, 0.05) is 24.9 Å². The SMILES string of the molecule is CC(CCC(=O)NCC1CCCC(C(=O)O)C1)NC(=O)OCC1c2ccccc2-c2ccccc21. The number of ether oxygens (including phenoxy) is 1. The molecule has 1 saturated carbocycles. The summed E-state index contributed by atoms with van der Waals surface area (Å²) in [5.41, 5.74) is 4.70. The molecule has 7 nitrogen and oxygen atoms in total. The summed E-state index contributed by atoms with van der Waals surface area (Å²) in [7, 11) is 0. The second-order valence-corrected chi connectivity index (χ2v) is 9.78. The van der Waals surface area contributed by atoms with Gasteiger partial charge in [-0.3, -0.25) is 9.59 Å². The predicted octanol–water partition coefficient (Wildman–Crippen LogP) is 4.70. The molecule has 186 valence electrons. The van der Waals surface area contributed by atoms with Gasteiger partial charge in [-0.15, -0.1) is 0 Å². The van der Waals surface area contributed by atoms with Crippen LogP contribution in [0.25, 0.3) is 11.1 Å². The highest BCUT2D eigenvalue weighted by Gasteiger charge is 2.29. The number of hydrogen-bond donors (Lipinski definition) is 3. The maximum atomic E-state index is 12.4. The molecule has 0 radical (unpaired) electrons. The van der Waals surface area contributed by atoms with E-state index in [1.807, 2.05) is 31.2 Å². The molecule has 2 aliphatic rings. The van der Waals surface area contributed by atoms with Gasteiger partial charge in [-0.2, -0.15) is 0 Å². The number of fused-ring (bicyclic) bond motifs is 3. The zero-order valence-electron chi connectivity index (χ0n) is 20.2. The van der Waals surface area contributed by atoms with E-state index in [2.05, 4.69) is 34.9 Å². The molecule has 3 atom stereocenters. The van der Waals surface area contributed by atoms with Gasteiger partial charge in [0.2, 0.25) is 5.91 Å². The second kappa shape index (κ2) is 11.4. The summed E-state index contributed by atoms with van der Waals surface area (Å²) in [6.07, 6.45) is 3.48. The van der Waals surface area contributed by atoms with E-state index in [4.69, 9.17) is 4.74 Å². The van der Waals surface area contributed by atoms with Crippen LogP contribution in [0.4, 0.5) is 4.79 Å². The van der Waals surface area contributed by atoms with Crippen LogP contribution in [-0.4, -0.2) is 42.3 Å². The van der Waals surface area contributed by atoms with Crippen molar-refractivity contribution < 1.29 is 24.2 Å². The van der Waals surface area contributed by atoms with Crippen molar-refractivity contribution in [1.82, 2.24) is 10.6 Å². The zero-order valence-corrected chi connectivity index (χ0v) is 20.2. The summed E-state index contributed by atoms with van der Waals surface area (Å²) in [6, 6.07) is 16.2. The minimum absolute atomic E-state index is 0.00902. The molecule has 3 unspecified atom stereocenters. The third-order valence-electron chi connectivity index (χ3n) is 7.23. The molecule has 2 aromatic carbocycles. The van der Waals surface area contributed by atoms with Gasteiger partial charge in [0.25, 0.3) is 0 Å². The van der Waals surface area contributed by atoms with E-state index in [1.165, 1.54) is 22.3 Å². The quantitative estimate of drug-likeness (QED) is 0.485. The summed E-state index contributed by atoms with van der Waals surface area (Å²) in [5.74, 6) is -0.898. The average molecular weight is 479 g/mol. The van der Waals surface area contributed by atoms with Crippen LogP contribution in [0.5, 0.6) is 0 Å². The largest absolute Gasteiger partial charge is 0.481 e. The number of carbonyl (C=O) groups is 3. The first-order valence-electron chi connectivity index (χ1n) is 12.5. The van der Waals surface area contributed by atoms with Gasteiger partial charge >= 0.3 is 12.1 Å². The van der Waals surface area contributed by atoms with Crippen LogP contribution >= 0.6 is 0 Å². The fraction of sp³-hybridized carbons (Fsp3) is 0.464. The van der Waals surface area contributed by atoms with Crippen LogP contribution in [0.2, 0.25) is 0 Å². The number of nitrogens with one attached hydrogen (secondary N) is 2. The molecule has 0 aliphatic heterocycles. The van der Waals surface area contributed by atoms with Gasteiger partial charge in [0.05, 0.1) is 5.92 Å². The number of carboxylic acid groups (broad SMARTS) is 1. The normalized spacial score (nSPS) is 19.8. The summed E-state index contributed by atoms with van der Waals surface area (Å²) in [6.45, 7) is 2.62. The third-order valence-corrected chi connectivity index (χ3v) is 7.23. The molecule has 0 saturated heterocycles. The fourth-order valence-corrected chi connectivity index (χ4v) is 5.31. The van der Waals surface area contributed by atoms with Crippen LogP contribution in [0.15, 0.2) is 48.5 Å². The number of amides is 2. The van der Waals surface area contributed by atoms with E-state index >= 15 is 0 Å². The van der Waals surface area contributed by atoms with Crippen molar-refractivity contribution in [3.05, 3.63) is 59.7 Å². The van der Waals surface area contributed by atoms with Crippen LogP contribution < -0.4 is 10.6 Å². The Bertz CT molecular complexity index is 1020. The topological polar surface area (TPSA) is 105 Å². The molecule has 2 aliphatic carbocycles. The number of benzene rings is 2. The van der Waals surface area contributed by atoms with Crippen molar-refractivity contribution in [3.63, 3.8) is 0 Å². The van der Waals surface area contributed by atoms with Gasteiger partial charge in [-0.05, 0) is 60.8 Å². The van der Waals surface area contributed by atoms with Gasteiger partial charge in [0.1, 0.15) is 6.61 Å². The Kier molecular flexibility index (Phi) is 8.06. The first kappa shape index (κ1) is 24.8. The van der Waals surface area contributed by atoms with E-state index in [0.29, 0.717) is 25.8 Å². The number of hydrogen-bond acceptors (Lipinski definition) is 4. The molecule has 2 aromatic rings. The van der Waals surface area contributed by atoms with Crippen molar-refractivity contribution >= 4 is 18.0 Å². The number of rotatable bonds is 9. The number of carboxylic acids is 1.